The number of fused-ring (bicyclic) bond motifs is 3. The molecule has 12 heteroatoms. The molecule has 206 valence electrons. The number of hydrogen-bond donors (Lipinski definition) is 6. The molecule has 4 unspecified atom stereocenters. The van der Waals surface area contributed by atoms with Gasteiger partial charge in [0.1, 0.15) is 11.5 Å². The van der Waals surface area contributed by atoms with Crippen LogP contribution in [0.25, 0.3) is 0 Å². The summed E-state index contributed by atoms with van der Waals surface area (Å²) in [6.45, 7) is 0. The van der Waals surface area contributed by atoms with Crippen molar-refractivity contribution in [2.24, 2.45) is 17.3 Å². The van der Waals surface area contributed by atoms with Crippen LogP contribution in [0.5, 0.6) is 11.5 Å². The fourth-order valence-electron chi connectivity index (χ4n) is 7.31. The van der Waals surface area contributed by atoms with Crippen LogP contribution in [0, 0.1) is 17.3 Å². The van der Waals surface area contributed by atoms with Crippen LogP contribution in [0.3, 0.4) is 0 Å². The molecule has 1 heterocycles. The smallest absolute Gasteiger partial charge is 0.305 e. The van der Waals surface area contributed by atoms with E-state index in [1.807, 2.05) is 0 Å². The third-order valence-corrected chi connectivity index (χ3v) is 8.55. The van der Waals surface area contributed by atoms with Crippen molar-refractivity contribution in [3.05, 3.63) is 69.8 Å². The van der Waals surface area contributed by atoms with Gasteiger partial charge in [-0.05, 0) is 18.6 Å². The first-order chi connectivity index (χ1) is 18.8. The van der Waals surface area contributed by atoms with Crippen molar-refractivity contribution in [3.8, 4) is 11.5 Å². The maximum atomic E-state index is 14.2. The quantitative estimate of drug-likeness (QED) is 0.309. The molecule has 12 nitrogen and oxygen atoms in total. The van der Waals surface area contributed by atoms with Gasteiger partial charge in [-0.3, -0.25) is 24.0 Å². The lowest BCUT2D eigenvalue weighted by molar-refractivity contribution is -0.252. The van der Waals surface area contributed by atoms with E-state index in [2.05, 4.69) is 0 Å². The number of benzene rings is 2. The molecule has 1 saturated heterocycles. The van der Waals surface area contributed by atoms with Gasteiger partial charge < -0.3 is 35.4 Å². The van der Waals surface area contributed by atoms with Crippen LogP contribution in [0.2, 0.25) is 0 Å². The maximum Gasteiger partial charge on any atom is 0.305 e. The maximum absolute atomic E-state index is 14.2. The summed E-state index contributed by atoms with van der Waals surface area (Å²) in [6, 6.07) is 7.45. The number of aliphatic carboxylic acids is 2. The molecule has 1 fully saturated rings. The van der Waals surface area contributed by atoms with Gasteiger partial charge in [0.15, 0.2) is 17.3 Å². The van der Waals surface area contributed by atoms with Gasteiger partial charge in [-0.2, -0.15) is 0 Å². The van der Waals surface area contributed by atoms with Crippen molar-refractivity contribution < 1.29 is 59.3 Å². The number of carboxylic acids is 2. The molecule has 0 saturated carbocycles. The van der Waals surface area contributed by atoms with E-state index >= 15 is 0 Å². The Hall–Kier alpha value is -4.39. The summed E-state index contributed by atoms with van der Waals surface area (Å²) >= 11 is 0. The van der Waals surface area contributed by atoms with Crippen molar-refractivity contribution in [3.63, 3.8) is 0 Å². The second-order valence-corrected chi connectivity index (χ2v) is 10.5. The number of carboxylic acid groups (broad SMARTS) is 2. The van der Waals surface area contributed by atoms with Gasteiger partial charge in [-0.25, -0.2) is 0 Å². The Kier molecular flexibility index (Phi) is 5.37. The summed E-state index contributed by atoms with van der Waals surface area (Å²) < 4.78 is 5.91. The van der Waals surface area contributed by atoms with E-state index in [1.54, 1.807) is 0 Å². The highest BCUT2D eigenvalue weighted by Crippen LogP contribution is 2.71. The third-order valence-electron chi connectivity index (χ3n) is 8.55. The topological polar surface area (TPSA) is 216 Å². The zero-order valence-corrected chi connectivity index (χ0v) is 20.5. The summed E-state index contributed by atoms with van der Waals surface area (Å²) in [7, 11) is 0. The SMILES string of the molecule is O=C(O)C[C@@H]1CC23C4=C(C(=O)c5cccc(O)c5C4=O)C([C@H](O)CC(=O)O)C2C(=O)c2c(O)cccc2C3(O)O1. The van der Waals surface area contributed by atoms with E-state index in [0.717, 1.165) is 6.07 Å². The van der Waals surface area contributed by atoms with Gasteiger partial charge in [0, 0.05) is 34.1 Å². The number of ether oxygens (including phenoxy) is 1. The Morgan fingerprint density at radius 3 is 2.25 bits per heavy atom. The molecule has 0 radical (unpaired) electrons. The van der Waals surface area contributed by atoms with E-state index in [9.17, 15) is 54.6 Å². The van der Waals surface area contributed by atoms with E-state index < -0.39 is 118 Å². The van der Waals surface area contributed by atoms with Gasteiger partial charge in [0.05, 0.1) is 41.6 Å². The van der Waals surface area contributed by atoms with Crippen molar-refractivity contribution in [2.75, 3.05) is 0 Å². The van der Waals surface area contributed by atoms with Crippen LogP contribution in [0.15, 0.2) is 47.5 Å². The molecule has 6 atom stereocenters. The number of rotatable bonds is 5. The first-order valence-corrected chi connectivity index (χ1v) is 12.4. The van der Waals surface area contributed by atoms with Gasteiger partial charge in [0.2, 0.25) is 5.79 Å². The Balaban J connectivity index is 1.72. The zero-order valence-electron chi connectivity index (χ0n) is 20.5. The van der Waals surface area contributed by atoms with Gasteiger partial charge in [-0.1, -0.05) is 24.3 Å². The number of aromatic hydroxyl groups is 2. The monoisotopic (exact) mass is 550 g/mol. The first kappa shape index (κ1) is 25.9. The van der Waals surface area contributed by atoms with E-state index in [4.69, 9.17) is 4.74 Å². The molecule has 1 aliphatic heterocycles. The number of ketones is 3. The number of Topliss-reactive ketones (excluding diaryl/α,β-unsaturated/α-hetero) is 3. The van der Waals surface area contributed by atoms with Crippen molar-refractivity contribution >= 4 is 29.3 Å². The van der Waals surface area contributed by atoms with Crippen LogP contribution < -0.4 is 0 Å². The molecule has 40 heavy (non-hydrogen) atoms. The molecule has 1 spiro atoms. The minimum Gasteiger partial charge on any atom is -0.507 e. The lowest BCUT2D eigenvalue weighted by atomic mass is 9.55. The number of hydrogen-bond acceptors (Lipinski definition) is 10. The van der Waals surface area contributed by atoms with Crippen LogP contribution in [-0.4, -0.2) is 72.1 Å². The molecule has 2 aromatic rings. The Morgan fingerprint density at radius 1 is 0.950 bits per heavy atom. The molecular formula is C28H22O12. The number of phenolic OH excluding ortho intramolecular Hbond substituents is 2. The second kappa shape index (κ2) is 8.31. The van der Waals surface area contributed by atoms with E-state index in [0.29, 0.717) is 0 Å². The molecular weight excluding hydrogens is 528 g/mol. The molecule has 6 rings (SSSR count). The molecule has 0 aromatic heterocycles. The van der Waals surface area contributed by atoms with Gasteiger partial charge in [-0.15, -0.1) is 0 Å². The number of aliphatic hydroxyl groups is 2. The van der Waals surface area contributed by atoms with Crippen molar-refractivity contribution in [1.29, 1.82) is 0 Å². The minimum absolute atomic E-state index is 0.247. The summed E-state index contributed by atoms with van der Waals surface area (Å²) in [5.74, 6) is -12.7. The summed E-state index contributed by atoms with van der Waals surface area (Å²) in [5, 5.41) is 63.8. The third kappa shape index (κ3) is 3.03. The highest BCUT2D eigenvalue weighted by atomic mass is 16.6. The molecule has 6 N–H and O–H groups in total. The summed E-state index contributed by atoms with van der Waals surface area (Å²) in [4.78, 5) is 65.7. The molecule has 0 amide bonds. The molecule has 0 bridgehead atoms. The van der Waals surface area contributed by atoms with Crippen molar-refractivity contribution in [1.82, 2.24) is 0 Å². The van der Waals surface area contributed by atoms with E-state index in [-0.39, 0.29) is 11.1 Å². The number of aliphatic hydroxyl groups excluding tert-OH is 1. The van der Waals surface area contributed by atoms with Gasteiger partial charge in [0.25, 0.3) is 0 Å². The summed E-state index contributed by atoms with van der Waals surface area (Å²) in [6.07, 6.45) is -5.31. The largest absolute Gasteiger partial charge is 0.507 e. The number of phenols is 2. The highest BCUT2D eigenvalue weighted by Gasteiger charge is 2.77. The second-order valence-electron chi connectivity index (χ2n) is 10.5. The van der Waals surface area contributed by atoms with Gasteiger partial charge >= 0.3 is 11.9 Å². The highest BCUT2D eigenvalue weighted by molar-refractivity contribution is 6.30. The van der Waals surface area contributed by atoms with Crippen LogP contribution in [-0.2, 0) is 20.1 Å². The lowest BCUT2D eigenvalue weighted by Crippen LogP contribution is -2.56. The molecule has 2 aromatic carbocycles. The fourth-order valence-corrected chi connectivity index (χ4v) is 7.31. The first-order valence-electron chi connectivity index (χ1n) is 12.4. The normalized spacial score (nSPS) is 30.8. The average Bonchev–Trinajstić information content (AvgIpc) is 3.34. The summed E-state index contributed by atoms with van der Waals surface area (Å²) in [5.41, 5.74) is -4.39. The average molecular weight is 550 g/mol. The minimum atomic E-state index is -2.66. The Labute approximate surface area is 224 Å². The predicted molar refractivity (Wildman–Crippen MR) is 130 cm³/mol. The fraction of sp³-hybridized carbons (Fsp3) is 0.321. The van der Waals surface area contributed by atoms with Crippen LogP contribution in [0.1, 0.15) is 55.9 Å². The zero-order chi connectivity index (χ0) is 28.9. The lowest BCUT2D eigenvalue weighted by Gasteiger charge is -2.48. The van der Waals surface area contributed by atoms with E-state index in [1.165, 1.54) is 30.3 Å². The molecule has 4 aliphatic rings. The standard InChI is InChI=1S/C28H22O12/c29-13-5-1-3-11-18(13)25(37)23-21(24(11)36)20(15(31)8-17(34)35)22-26(38)19-12(4-2-6-14(19)30)28(39)27(22,23)9-10(40-28)7-16(32)33/h1-6,10,15,20,22,29-31,39H,7-9H2,(H,32,33)(H,34,35)/t10-,15-,20?,22?,27?,28?/m1/s1. The van der Waals surface area contributed by atoms with Crippen molar-refractivity contribution in [2.45, 2.75) is 37.3 Å². The molecule has 3 aliphatic carbocycles. The van der Waals surface area contributed by atoms with Crippen LogP contribution in [0.4, 0.5) is 0 Å². The Morgan fingerprint density at radius 2 is 1.60 bits per heavy atom. The van der Waals surface area contributed by atoms with Crippen LogP contribution >= 0.6 is 0 Å². The Bertz CT molecular complexity index is 1600. The number of carbonyl (C=O) groups excluding carboxylic acids is 3. The predicted octanol–water partition coefficient (Wildman–Crippen LogP) is 1.15. The number of carbonyl (C=O) groups is 5.